The number of benzene rings is 2. The van der Waals surface area contributed by atoms with E-state index >= 15 is 0 Å². The van der Waals surface area contributed by atoms with Gasteiger partial charge in [-0.1, -0.05) is 43.3 Å². The molecule has 3 heteroatoms. The van der Waals surface area contributed by atoms with Gasteiger partial charge in [0.05, 0.1) is 6.61 Å². The van der Waals surface area contributed by atoms with E-state index in [9.17, 15) is 5.11 Å². The van der Waals surface area contributed by atoms with Crippen molar-refractivity contribution in [3.05, 3.63) is 59.7 Å². The van der Waals surface area contributed by atoms with Crippen LogP contribution in [0.25, 0.3) is 0 Å². The summed E-state index contributed by atoms with van der Waals surface area (Å²) in [7, 11) is 1.96. The van der Waals surface area contributed by atoms with Gasteiger partial charge >= 0.3 is 0 Å². The van der Waals surface area contributed by atoms with Crippen LogP contribution in [-0.2, 0) is 0 Å². The van der Waals surface area contributed by atoms with E-state index < -0.39 is 0 Å². The SMILES string of the molecule is CNCCCCOc1ccccc1C(C)c1ccccc1O. The topological polar surface area (TPSA) is 41.5 Å². The fourth-order valence-corrected chi connectivity index (χ4v) is 2.58. The molecule has 3 nitrogen and oxygen atoms in total. The summed E-state index contributed by atoms with van der Waals surface area (Å²) in [6, 6.07) is 15.6. The lowest BCUT2D eigenvalue weighted by molar-refractivity contribution is 0.302. The predicted octanol–water partition coefficient (Wildman–Crippen LogP) is 3.92. The first-order valence-corrected chi connectivity index (χ1v) is 7.88. The van der Waals surface area contributed by atoms with Gasteiger partial charge in [0, 0.05) is 17.0 Å². The molecule has 118 valence electrons. The molecule has 2 aromatic rings. The monoisotopic (exact) mass is 299 g/mol. The first-order valence-electron chi connectivity index (χ1n) is 7.88. The van der Waals surface area contributed by atoms with Gasteiger partial charge in [-0.05, 0) is 38.6 Å². The lowest BCUT2D eigenvalue weighted by Gasteiger charge is -2.18. The highest BCUT2D eigenvalue weighted by Gasteiger charge is 2.16. The van der Waals surface area contributed by atoms with Crippen LogP contribution in [0.3, 0.4) is 0 Å². The molecule has 0 saturated heterocycles. The third-order valence-corrected chi connectivity index (χ3v) is 3.87. The van der Waals surface area contributed by atoms with Crippen molar-refractivity contribution in [1.82, 2.24) is 5.32 Å². The van der Waals surface area contributed by atoms with Crippen molar-refractivity contribution in [1.29, 1.82) is 0 Å². The number of phenolic OH excluding ortho intramolecular Hbond substituents is 1. The molecule has 2 N–H and O–H groups in total. The van der Waals surface area contributed by atoms with E-state index in [4.69, 9.17) is 4.74 Å². The Morgan fingerprint density at radius 2 is 1.68 bits per heavy atom. The van der Waals surface area contributed by atoms with Crippen molar-refractivity contribution in [2.75, 3.05) is 20.2 Å². The molecule has 0 aromatic heterocycles. The number of phenols is 1. The van der Waals surface area contributed by atoms with Gasteiger partial charge in [0.1, 0.15) is 11.5 Å². The molecule has 1 unspecified atom stereocenters. The molecule has 0 bridgehead atoms. The average Bonchev–Trinajstić information content (AvgIpc) is 2.55. The summed E-state index contributed by atoms with van der Waals surface area (Å²) < 4.78 is 5.96. The quantitative estimate of drug-likeness (QED) is 0.726. The first-order chi connectivity index (χ1) is 10.7. The second-order valence-corrected chi connectivity index (χ2v) is 5.48. The summed E-state index contributed by atoms with van der Waals surface area (Å²) in [6.45, 7) is 3.82. The fraction of sp³-hybridized carbons (Fsp3) is 0.368. The first kappa shape index (κ1) is 16.4. The van der Waals surface area contributed by atoms with Crippen LogP contribution < -0.4 is 10.1 Å². The maximum absolute atomic E-state index is 10.1. The van der Waals surface area contributed by atoms with Gasteiger partial charge < -0.3 is 15.2 Å². The normalized spacial score (nSPS) is 12.1. The van der Waals surface area contributed by atoms with E-state index in [1.54, 1.807) is 6.07 Å². The predicted molar refractivity (Wildman–Crippen MR) is 90.7 cm³/mol. The lowest BCUT2D eigenvalue weighted by Crippen LogP contribution is -2.09. The van der Waals surface area contributed by atoms with Crippen molar-refractivity contribution < 1.29 is 9.84 Å². The summed E-state index contributed by atoms with van der Waals surface area (Å²) in [6.07, 6.45) is 2.13. The van der Waals surface area contributed by atoms with E-state index in [0.29, 0.717) is 12.4 Å². The minimum atomic E-state index is 0.0923. The molecule has 22 heavy (non-hydrogen) atoms. The molecular formula is C19H25NO2. The largest absolute Gasteiger partial charge is 0.508 e. The van der Waals surface area contributed by atoms with Crippen LogP contribution in [-0.4, -0.2) is 25.3 Å². The van der Waals surface area contributed by atoms with Gasteiger partial charge in [-0.3, -0.25) is 0 Å². The van der Waals surface area contributed by atoms with Crippen molar-refractivity contribution in [3.8, 4) is 11.5 Å². The van der Waals surface area contributed by atoms with Crippen LogP contribution in [0.1, 0.15) is 36.8 Å². The molecule has 0 fully saturated rings. The molecular weight excluding hydrogens is 274 g/mol. The van der Waals surface area contributed by atoms with Crippen LogP contribution in [0, 0.1) is 0 Å². The maximum atomic E-state index is 10.1. The van der Waals surface area contributed by atoms with Crippen molar-refractivity contribution in [2.45, 2.75) is 25.7 Å². The molecule has 0 amide bonds. The zero-order chi connectivity index (χ0) is 15.8. The number of aromatic hydroxyl groups is 1. The highest BCUT2D eigenvalue weighted by Crippen LogP contribution is 2.35. The average molecular weight is 299 g/mol. The smallest absolute Gasteiger partial charge is 0.123 e. The lowest BCUT2D eigenvalue weighted by atomic mass is 9.92. The summed E-state index contributed by atoms with van der Waals surface area (Å²) in [5.41, 5.74) is 2.03. The molecule has 0 aliphatic heterocycles. The standard InChI is InChI=1S/C19H25NO2/c1-15(16-9-3-5-11-18(16)21)17-10-4-6-12-19(17)22-14-8-7-13-20-2/h3-6,9-12,15,20-21H,7-8,13-14H2,1-2H3. The van der Waals surface area contributed by atoms with Gasteiger partial charge in [0.25, 0.3) is 0 Å². The van der Waals surface area contributed by atoms with E-state index in [-0.39, 0.29) is 5.92 Å². The molecule has 0 spiro atoms. The number of unbranched alkanes of at least 4 members (excludes halogenated alkanes) is 1. The fourth-order valence-electron chi connectivity index (χ4n) is 2.58. The number of hydrogen-bond donors (Lipinski definition) is 2. The second kappa shape index (κ2) is 8.44. The zero-order valence-corrected chi connectivity index (χ0v) is 13.4. The highest BCUT2D eigenvalue weighted by atomic mass is 16.5. The van der Waals surface area contributed by atoms with E-state index in [1.165, 1.54) is 0 Å². The molecule has 2 aromatic carbocycles. The highest BCUT2D eigenvalue weighted by molar-refractivity contribution is 5.45. The van der Waals surface area contributed by atoms with Gasteiger partial charge in [0.2, 0.25) is 0 Å². The minimum Gasteiger partial charge on any atom is -0.508 e. The second-order valence-electron chi connectivity index (χ2n) is 5.48. The Morgan fingerprint density at radius 3 is 2.41 bits per heavy atom. The molecule has 1 atom stereocenters. The molecule has 0 saturated carbocycles. The van der Waals surface area contributed by atoms with Crippen molar-refractivity contribution >= 4 is 0 Å². The van der Waals surface area contributed by atoms with Crippen LogP contribution in [0.5, 0.6) is 11.5 Å². The van der Waals surface area contributed by atoms with Crippen LogP contribution >= 0.6 is 0 Å². The molecule has 0 radical (unpaired) electrons. The van der Waals surface area contributed by atoms with Gasteiger partial charge in [-0.25, -0.2) is 0 Å². The Labute approximate surface area is 133 Å². The number of ether oxygens (including phenoxy) is 1. The number of rotatable bonds is 8. The van der Waals surface area contributed by atoms with Crippen LogP contribution in [0.15, 0.2) is 48.5 Å². The van der Waals surface area contributed by atoms with Crippen LogP contribution in [0.2, 0.25) is 0 Å². The Balaban J connectivity index is 2.09. The molecule has 0 aliphatic carbocycles. The van der Waals surface area contributed by atoms with E-state index in [0.717, 1.165) is 36.3 Å². The molecule has 0 heterocycles. The van der Waals surface area contributed by atoms with Crippen molar-refractivity contribution in [2.24, 2.45) is 0 Å². The summed E-state index contributed by atoms with van der Waals surface area (Å²) >= 11 is 0. The third kappa shape index (κ3) is 4.25. The molecule has 0 aliphatic rings. The number of nitrogens with one attached hydrogen (secondary N) is 1. The van der Waals surface area contributed by atoms with Gasteiger partial charge in [-0.15, -0.1) is 0 Å². The minimum absolute atomic E-state index is 0.0923. The summed E-state index contributed by atoms with van der Waals surface area (Å²) in [5.74, 6) is 1.33. The Hall–Kier alpha value is -2.00. The summed E-state index contributed by atoms with van der Waals surface area (Å²) in [5, 5.41) is 13.2. The Morgan fingerprint density at radius 1 is 1.00 bits per heavy atom. The molecule has 2 rings (SSSR count). The number of para-hydroxylation sites is 2. The van der Waals surface area contributed by atoms with Gasteiger partial charge in [0.15, 0.2) is 0 Å². The van der Waals surface area contributed by atoms with Crippen LogP contribution in [0.4, 0.5) is 0 Å². The van der Waals surface area contributed by atoms with Crippen molar-refractivity contribution in [3.63, 3.8) is 0 Å². The maximum Gasteiger partial charge on any atom is 0.123 e. The Kier molecular flexibility index (Phi) is 6.28. The van der Waals surface area contributed by atoms with E-state index in [2.05, 4.69) is 18.3 Å². The van der Waals surface area contributed by atoms with Gasteiger partial charge in [-0.2, -0.15) is 0 Å². The number of hydrogen-bond acceptors (Lipinski definition) is 3. The van der Waals surface area contributed by atoms with E-state index in [1.807, 2.05) is 43.4 Å². The summed E-state index contributed by atoms with van der Waals surface area (Å²) in [4.78, 5) is 0. The zero-order valence-electron chi connectivity index (χ0n) is 13.4. The third-order valence-electron chi connectivity index (χ3n) is 3.87. The Bertz CT molecular complexity index is 583.